The number of carbonyl (C=O) groups excluding carboxylic acids is 2. The molecule has 0 aliphatic carbocycles. The largest absolute Gasteiger partial charge is 0.493 e. The normalized spacial score (nSPS) is 9.62. The molecule has 4 heteroatoms. The van der Waals surface area contributed by atoms with Crippen LogP contribution in [0.15, 0.2) is 18.2 Å². The quantitative estimate of drug-likeness (QED) is 0.432. The first kappa shape index (κ1) is 12.2. The Bertz CT molecular complexity index is 385. The number of ether oxygens (including phenoxy) is 2. The number of benzene rings is 1. The van der Waals surface area contributed by atoms with E-state index in [0.717, 1.165) is 11.8 Å². The molecule has 0 fully saturated rings. The van der Waals surface area contributed by atoms with Crippen molar-refractivity contribution in [1.82, 2.24) is 0 Å². The molecule has 0 aliphatic heterocycles. The van der Waals surface area contributed by atoms with Crippen LogP contribution in [0.5, 0.6) is 11.5 Å². The Kier molecular flexibility index (Phi) is 4.51. The van der Waals surface area contributed by atoms with Crippen molar-refractivity contribution in [1.29, 1.82) is 0 Å². The van der Waals surface area contributed by atoms with E-state index in [9.17, 15) is 9.59 Å². The molecule has 0 unspecified atom stereocenters. The van der Waals surface area contributed by atoms with Crippen LogP contribution in [0.4, 0.5) is 0 Å². The molecule has 0 aliphatic rings. The van der Waals surface area contributed by atoms with Crippen LogP contribution in [0.3, 0.4) is 0 Å². The van der Waals surface area contributed by atoms with E-state index < -0.39 is 0 Å². The van der Waals surface area contributed by atoms with Crippen LogP contribution in [0.25, 0.3) is 0 Å². The third kappa shape index (κ3) is 3.08. The Hall–Kier alpha value is -1.84. The number of esters is 1. The Morgan fingerprint density at radius 2 is 2.12 bits per heavy atom. The van der Waals surface area contributed by atoms with Crippen molar-refractivity contribution in [3.05, 3.63) is 23.8 Å². The molecule has 0 saturated carbocycles. The fourth-order valence-corrected chi connectivity index (χ4v) is 1.21. The zero-order valence-electron chi connectivity index (χ0n) is 9.36. The van der Waals surface area contributed by atoms with Crippen molar-refractivity contribution < 1.29 is 19.1 Å². The maximum Gasteiger partial charge on any atom is 0.311 e. The summed E-state index contributed by atoms with van der Waals surface area (Å²) in [5, 5.41) is 0. The fourth-order valence-electron chi connectivity index (χ4n) is 1.21. The Morgan fingerprint density at radius 3 is 2.69 bits per heavy atom. The van der Waals surface area contributed by atoms with Gasteiger partial charge >= 0.3 is 5.97 Å². The SMILES string of the molecule is CCC(=O)Oc1ccc(CC=O)cc1OC. The van der Waals surface area contributed by atoms with Gasteiger partial charge in [-0.15, -0.1) is 0 Å². The minimum absolute atomic E-state index is 0.305. The average molecular weight is 222 g/mol. The molecule has 0 atom stereocenters. The van der Waals surface area contributed by atoms with E-state index >= 15 is 0 Å². The minimum Gasteiger partial charge on any atom is -0.493 e. The van der Waals surface area contributed by atoms with Crippen LogP contribution >= 0.6 is 0 Å². The first-order valence-corrected chi connectivity index (χ1v) is 5.02. The molecule has 1 aromatic carbocycles. The standard InChI is InChI=1S/C12H14O4/c1-3-12(14)16-10-5-4-9(6-7-13)8-11(10)15-2/h4-5,7-8H,3,6H2,1-2H3. The highest BCUT2D eigenvalue weighted by atomic mass is 16.6. The van der Waals surface area contributed by atoms with Gasteiger partial charge in [0.1, 0.15) is 6.29 Å². The molecule has 0 bridgehead atoms. The van der Waals surface area contributed by atoms with Crippen molar-refractivity contribution >= 4 is 12.3 Å². The second-order valence-electron chi connectivity index (χ2n) is 3.18. The molecular weight excluding hydrogens is 208 g/mol. The van der Waals surface area contributed by atoms with Crippen molar-refractivity contribution in [3.63, 3.8) is 0 Å². The minimum atomic E-state index is -0.318. The lowest BCUT2D eigenvalue weighted by Gasteiger charge is -2.09. The predicted octanol–water partition coefficient (Wildman–Crippen LogP) is 1.75. The molecule has 1 aromatic rings. The molecule has 4 nitrogen and oxygen atoms in total. The van der Waals surface area contributed by atoms with Crippen molar-refractivity contribution in [2.24, 2.45) is 0 Å². The zero-order valence-corrected chi connectivity index (χ0v) is 9.36. The lowest BCUT2D eigenvalue weighted by Crippen LogP contribution is -2.06. The Morgan fingerprint density at radius 1 is 1.38 bits per heavy atom. The molecular formula is C12H14O4. The monoisotopic (exact) mass is 222 g/mol. The van der Waals surface area contributed by atoms with E-state index in [-0.39, 0.29) is 5.97 Å². The molecule has 0 heterocycles. The first-order chi connectivity index (χ1) is 7.71. The second kappa shape index (κ2) is 5.90. The predicted molar refractivity (Wildman–Crippen MR) is 58.7 cm³/mol. The highest BCUT2D eigenvalue weighted by Gasteiger charge is 2.09. The summed E-state index contributed by atoms with van der Waals surface area (Å²) in [5.74, 6) is 0.520. The van der Waals surface area contributed by atoms with Gasteiger partial charge in [0, 0.05) is 12.8 Å². The number of hydrogen-bond acceptors (Lipinski definition) is 4. The molecule has 0 aromatic heterocycles. The van der Waals surface area contributed by atoms with E-state index in [1.54, 1.807) is 25.1 Å². The van der Waals surface area contributed by atoms with E-state index in [1.807, 2.05) is 0 Å². The lowest BCUT2D eigenvalue weighted by molar-refractivity contribution is -0.134. The topological polar surface area (TPSA) is 52.6 Å². The maximum absolute atomic E-state index is 11.1. The number of aldehydes is 1. The Balaban J connectivity index is 2.92. The van der Waals surface area contributed by atoms with Gasteiger partial charge in [0.25, 0.3) is 0 Å². The molecule has 0 saturated heterocycles. The highest BCUT2D eigenvalue weighted by molar-refractivity contribution is 5.73. The molecule has 0 N–H and O–H groups in total. The maximum atomic E-state index is 11.1. The summed E-state index contributed by atoms with van der Waals surface area (Å²) in [5.41, 5.74) is 0.822. The van der Waals surface area contributed by atoms with Crippen LogP contribution in [0.2, 0.25) is 0 Å². The first-order valence-electron chi connectivity index (χ1n) is 5.02. The van der Waals surface area contributed by atoms with Crippen molar-refractivity contribution in [2.45, 2.75) is 19.8 Å². The Labute approximate surface area is 94.2 Å². The molecule has 0 amide bonds. The highest BCUT2D eigenvalue weighted by Crippen LogP contribution is 2.28. The van der Waals surface area contributed by atoms with Gasteiger partial charge in [-0.1, -0.05) is 13.0 Å². The van der Waals surface area contributed by atoms with Gasteiger partial charge in [0.2, 0.25) is 0 Å². The van der Waals surface area contributed by atoms with Crippen molar-refractivity contribution in [2.75, 3.05) is 7.11 Å². The summed E-state index contributed by atoms with van der Waals surface area (Å²) in [6.45, 7) is 1.72. The summed E-state index contributed by atoms with van der Waals surface area (Å²) in [6, 6.07) is 5.05. The molecule has 0 radical (unpaired) electrons. The number of hydrogen-bond donors (Lipinski definition) is 0. The van der Waals surface area contributed by atoms with E-state index in [2.05, 4.69) is 0 Å². The zero-order chi connectivity index (χ0) is 12.0. The fraction of sp³-hybridized carbons (Fsp3) is 0.333. The molecule has 86 valence electrons. The summed E-state index contributed by atoms with van der Waals surface area (Å²) in [6.07, 6.45) is 1.43. The lowest BCUT2D eigenvalue weighted by atomic mass is 10.1. The van der Waals surface area contributed by atoms with E-state index in [1.165, 1.54) is 7.11 Å². The van der Waals surface area contributed by atoms with Gasteiger partial charge in [0.05, 0.1) is 7.11 Å². The number of rotatable bonds is 5. The number of methoxy groups -OCH3 is 1. The number of carbonyl (C=O) groups is 2. The summed E-state index contributed by atoms with van der Waals surface area (Å²) in [4.78, 5) is 21.5. The second-order valence-corrected chi connectivity index (χ2v) is 3.18. The summed E-state index contributed by atoms with van der Waals surface area (Å²) < 4.78 is 10.2. The van der Waals surface area contributed by atoms with Crippen LogP contribution in [-0.4, -0.2) is 19.4 Å². The van der Waals surface area contributed by atoms with Crippen molar-refractivity contribution in [3.8, 4) is 11.5 Å². The third-order valence-corrected chi connectivity index (χ3v) is 2.06. The molecule has 0 spiro atoms. The van der Waals surface area contributed by atoms with Gasteiger partial charge in [-0.2, -0.15) is 0 Å². The van der Waals surface area contributed by atoms with Crippen LogP contribution in [0, 0.1) is 0 Å². The van der Waals surface area contributed by atoms with Crippen LogP contribution in [-0.2, 0) is 16.0 Å². The van der Waals surface area contributed by atoms with E-state index in [0.29, 0.717) is 24.3 Å². The third-order valence-electron chi connectivity index (χ3n) is 2.06. The molecule has 1 rings (SSSR count). The average Bonchev–Trinajstić information content (AvgIpc) is 2.31. The summed E-state index contributed by atoms with van der Waals surface area (Å²) >= 11 is 0. The van der Waals surface area contributed by atoms with Crippen LogP contribution in [0.1, 0.15) is 18.9 Å². The van der Waals surface area contributed by atoms with Gasteiger partial charge < -0.3 is 14.3 Å². The summed E-state index contributed by atoms with van der Waals surface area (Å²) in [7, 11) is 1.49. The van der Waals surface area contributed by atoms with E-state index in [4.69, 9.17) is 9.47 Å². The van der Waals surface area contributed by atoms with Crippen LogP contribution < -0.4 is 9.47 Å². The van der Waals surface area contributed by atoms with Gasteiger partial charge in [0.15, 0.2) is 11.5 Å². The smallest absolute Gasteiger partial charge is 0.311 e. The molecule has 16 heavy (non-hydrogen) atoms. The van der Waals surface area contributed by atoms with Gasteiger partial charge in [-0.3, -0.25) is 4.79 Å². The van der Waals surface area contributed by atoms with Gasteiger partial charge in [-0.25, -0.2) is 0 Å². The van der Waals surface area contributed by atoms with Gasteiger partial charge in [-0.05, 0) is 17.7 Å².